The maximum atomic E-state index is 12.3. The van der Waals surface area contributed by atoms with Crippen molar-refractivity contribution in [2.24, 2.45) is 4.99 Å². The standard InChI is InChI=1S/C31H30N2O8S/c1-19(2)30(34)39-15-13-32-21-9-11-23-26(17-21)41-27-18-22(33-14-16-40-31(35)20(3)4)10-12-24(27)29(23)25-7-5-6-8-28(25)42(36,37)38/h5-12,17-18,32H,1,3,13-16H2,2,4H3,(H,36,37,38). The lowest BCUT2D eigenvalue weighted by Gasteiger charge is -2.18. The summed E-state index contributed by atoms with van der Waals surface area (Å²) in [5.41, 5.74) is 3.15. The Labute approximate surface area is 243 Å². The van der Waals surface area contributed by atoms with Crippen LogP contribution in [0.4, 0.5) is 5.69 Å². The minimum Gasteiger partial charge on any atom is -0.460 e. The maximum absolute atomic E-state index is 12.3. The number of rotatable bonds is 11. The third kappa shape index (κ3) is 7.12. The Morgan fingerprint density at radius 3 is 2.31 bits per heavy atom. The first-order valence-corrected chi connectivity index (χ1v) is 14.4. The lowest BCUT2D eigenvalue weighted by molar-refractivity contribution is -0.139. The molecular weight excluding hydrogens is 560 g/mol. The molecule has 0 radical (unpaired) electrons. The zero-order valence-corrected chi connectivity index (χ0v) is 24.0. The average Bonchev–Trinajstić information content (AvgIpc) is 2.95. The summed E-state index contributed by atoms with van der Waals surface area (Å²) in [7, 11) is -4.55. The number of fused-ring (bicyclic) bond motifs is 2. The Hall–Kier alpha value is -4.74. The molecule has 0 fully saturated rings. The summed E-state index contributed by atoms with van der Waals surface area (Å²) in [6.45, 7) is 11.0. The van der Waals surface area contributed by atoms with Gasteiger partial charge >= 0.3 is 11.9 Å². The number of esters is 2. The van der Waals surface area contributed by atoms with E-state index < -0.39 is 22.1 Å². The zero-order valence-electron chi connectivity index (χ0n) is 23.2. The number of carbonyl (C=O) groups excluding carboxylic acids is 2. The van der Waals surface area contributed by atoms with Gasteiger partial charge in [0.2, 0.25) is 0 Å². The van der Waals surface area contributed by atoms with E-state index >= 15 is 0 Å². The van der Waals surface area contributed by atoms with Crippen molar-refractivity contribution >= 4 is 38.7 Å². The van der Waals surface area contributed by atoms with Crippen LogP contribution in [0.15, 0.2) is 99.3 Å². The molecule has 0 saturated heterocycles. The maximum Gasteiger partial charge on any atom is 0.333 e. The van der Waals surface area contributed by atoms with Crippen molar-refractivity contribution in [1.29, 1.82) is 0 Å². The molecule has 0 unspecified atom stereocenters. The quantitative estimate of drug-likeness (QED) is 0.0810. The van der Waals surface area contributed by atoms with Gasteiger partial charge in [0.05, 0.1) is 11.9 Å². The van der Waals surface area contributed by atoms with E-state index in [2.05, 4.69) is 23.5 Å². The second-order valence-electron chi connectivity index (χ2n) is 9.48. The minimum atomic E-state index is -4.55. The number of nitrogens with one attached hydrogen (secondary N) is 1. The molecule has 1 heterocycles. The predicted molar refractivity (Wildman–Crippen MR) is 159 cm³/mol. The molecule has 11 heteroatoms. The molecule has 0 amide bonds. The summed E-state index contributed by atoms with van der Waals surface area (Å²) < 4.78 is 51.1. The normalized spacial score (nSPS) is 11.8. The number of hydrogen-bond donors (Lipinski definition) is 2. The summed E-state index contributed by atoms with van der Waals surface area (Å²) >= 11 is 0. The van der Waals surface area contributed by atoms with Crippen LogP contribution in [0.25, 0.3) is 33.4 Å². The summed E-state index contributed by atoms with van der Waals surface area (Å²) in [6, 6.07) is 16.7. The molecule has 218 valence electrons. The Balaban J connectivity index is 1.78. The third-order valence-corrected chi connectivity index (χ3v) is 7.03. The monoisotopic (exact) mass is 590 g/mol. The van der Waals surface area contributed by atoms with Crippen molar-refractivity contribution in [3.05, 3.63) is 90.3 Å². The number of hydrogen-bond acceptors (Lipinski definition) is 9. The number of benzene rings is 3. The van der Waals surface area contributed by atoms with Gasteiger partial charge in [-0.1, -0.05) is 31.4 Å². The van der Waals surface area contributed by atoms with E-state index in [1.54, 1.807) is 62.4 Å². The number of anilines is 1. The average molecular weight is 591 g/mol. The van der Waals surface area contributed by atoms with Gasteiger partial charge in [0.1, 0.15) is 29.5 Å². The zero-order chi connectivity index (χ0) is 30.4. The van der Waals surface area contributed by atoms with Gasteiger partial charge in [-0.2, -0.15) is 8.42 Å². The van der Waals surface area contributed by atoms with Gasteiger partial charge in [-0.15, -0.1) is 0 Å². The number of ether oxygens (including phenoxy) is 2. The second kappa shape index (κ2) is 12.8. The molecule has 2 N–H and O–H groups in total. The van der Waals surface area contributed by atoms with E-state index in [1.807, 2.05) is 0 Å². The summed E-state index contributed by atoms with van der Waals surface area (Å²) in [6.07, 6.45) is 0. The van der Waals surface area contributed by atoms with Crippen molar-refractivity contribution in [2.45, 2.75) is 18.7 Å². The lowest BCUT2D eigenvalue weighted by Crippen LogP contribution is -2.14. The third-order valence-electron chi connectivity index (χ3n) is 6.12. The summed E-state index contributed by atoms with van der Waals surface area (Å²) in [4.78, 5) is 27.5. The van der Waals surface area contributed by atoms with Crippen LogP contribution in [0, 0.1) is 0 Å². The molecule has 2 aliphatic rings. The fourth-order valence-electron chi connectivity index (χ4n) is 4.17. The van der Waals surface area contributed by atoms with Crippen LogP contribution in [0.1, 0.15) is 13.8 Å². The van der Waals surface area contributed by atoms with Gasteiger partial charge in [-0.25, -0.2) is 9.59 Å². The van der Waals surface area contributed by atoms with E-state index in [-0.39, 0.29) is 24.7 Å². The van der Waals surface area contributed by atoms with Crippen LogP contribution < -0.4 is 10.7 Å². The first-order chi connectivity index (χ1) is 20.0. The highest BCUT2D eigenvalue weighted by Gasteiger charge is 2.23. The number of nitrogens with zero attached hydrogens (tertiary/aromatic N) is 1. The van der Waals surface area contributed by atoms with Gasteiger partial charge in [0, 0.05) is 57.6 Å². The lowest BCUT2D eigenvalue weighted by atomic mass is 9.93. The van der Waals surface area contributed by atoms with Gasteiger partial charge in [-0.05, 0) is 44.2 Å². The molecule has 0 atom stereocenters. The molecule has 2 aromatic rings. The predicted octanol–water partition coefficient (Wildman–Crippen LogP) is 5.00. The van der Waals surface area contributed by atoms with Crippen LogP contribution >= 0.6 is 0 Å². The van der Waals surface area contributed by atoms with E-state index in [9.17, 15) is 22.6 Å². The van der Waals surface area contributed by atoms with Crippen LogP contribution in [-0.2, 0) is 29.2 Å². The summed E-state index contributed by atoms with van der Waals surface area (Å²) in [5, 5.41) is 4.33. The SMILES string of the molecule is C=C(C)C(=O)OCCN=c1ccc2c(-c3ccccc3S(=O)(=O)O)c3ccc(NCCOC(=O)C(=C)C)cc3oc-2c1. The van der Waals surface area contributed by atoms with Crippen molar-refractivity contribution in [2.75, 3.05) is 31.6 Å². The van der Waals surface area contributed by atoms with Gasteiger partial charge in [0.15, 0.2) is 0 Å². The van der Waals surface area contributed by atoms with Crippen molar-refractivity contribution < 1.29 is 36.5 Å². The molecule has 1 aliphatic heterocycles. The highest BCUT2D eigenvalue weighted by atomic mass is 32.2. The van der Waals surface area contributed by atoms with Crippen LogP contribution in [0.5, 0.6) is 0 Å². The second-order valence-corrected chi connectivity index (χ2v) is 10.9. The first-order valence-electron chi connectivity index (χ1n) is 12.9. The van der Waals surface area contributed by atoms with Crippen molar-refractivity contribution in [1.82, 2.24) is 0 Å². The van der Waals surface area contributed by atoms with Crippen molar-refractivity contribution in [3.8, 4) is 22.5 Å². The molecular formula is C31H30N2O8S. The molecule has 4 rings (SSSR count). The molecule has 42 heavy (non-hydrogen) atoms. The molecule has 0 saturated carbocycles. The molecule has 10 nitrogen and oxygen atoms in total. The Kier molecular flexibility index (Phi) is 9.24. The van der Waals surface area contributed by atoms with E-state index in [1.165, 1.54) is 12.1 Å². The van der Waals surface area contributed by atoms with E-state index in [0.717, 1.165) is 0 Å². The fraction of sp³-hybridized carbons (Fsp3) is 0.194. The highest BCUT2D eigenvalue weighted by Crippen LogP contribution is 2.42. The van der Waals surface area contributed by atoms with Gasteiger partial charge in [-0.3, -0.25) is 9.55 Å². The van der Waals surface area contributed by atoms with E-state index in [4.69, 9.17) is 13.9 Å². The molecule has 2 aromatic carbocycles. The van der Waals surface area contributed by atoms with Crippen LogP contribution in [0.3, 0.4) is 0 Å². The first kappa shape index (κ1) is 30.2. The smallest absolute Gasteiger partial charge is 0.333 e. The molecule has 1 aliphatic carbocycles. The molecule has 0 bridgehead atoms. The van der Waals surface area contributed by atoms with Gasteiger partial charge < -0.3 is 19.2 Å². The molecule has 0 aromatic heterocycles. The Bertz CT molecular complexity index is 1840. The van der Waals surface area contributed by atoms with Crippen LogP contribution in [-0.4, -0.2) is 51.2 Å². The van der Waals surface area contributed by atoms with E-state index in [0.29, 0.717) is 62.2 Å². The van der Waals surface area contributed by atoms with Crippen molar-refractivity contribution in [3.63, 3.8) is 0 Å². The highest BCUT2D eigenvalue weighted by molar-refractivity contribution is 7.86. The minimum absolute atomic E-state index is 0.0717. The summed E-state index contributed by atoms with van der Waals surface area (Å²) in [5.74, 6) is -0.560. The molecule has 0 spiro atoms. The topological polar surface area (TPSA) is 144 Å². The van der Waals surface area contributed by atoms with Crippen LogP contribution in [0.2, 0.25) is 0 Å². The Morgan fingerprint density at radius 1 is 0.929 bits per heavy atom. The Morgan fingerprint density at radius 2 is 1.62 bits per heavy atom. The fourth-order valence-corrected chi connectivity index (χ4v) is 4.87. The number of carbonyl (C=O) groups is 2. The largest absolute Gasteiger partial charge is 0.460 e. The van der Waals surface area contributed by atoms with Gasteiger partial charge in [0.25, 0.3) is 10.1 Å².